The highest BCUT2D eigenvalue weighted by molar-refractivity contribution is 4.91. The summed E-state index contributed by atoms with van der Waals surface area (Å²) < 4.78 is 14.7. The number of nitrogens with one attached hydrogen (secondary N) is 1. The van der Waals surface area contributed by atoms with Crippen molar-refractivity contribution in [2.75, 3.05) is 6.54 Å². The van der Waals surface area contributed by atoms with E-state index in [-0.39, 0.29) is 12.6 Å². The summed E-state index contributed by atoms with van der Waals surface area (Å²) in [4.78, 5) is 0. The van der Waals surface area contributed by atoms with E-state index in [1.807, 2.05) is 0 Å². The second kappa shape index (κ2) is 4.02. The Morgan fingerprint density at radius 2 is 2.57 bits per heavy atom. The number of hydrogen-bond donors (Lipinski definition) is 2. The summed E-state index contributed by atoms with van der Waals surface area (Å²) in [6, 6.07) is -0.178. The van der Waals surface area contributed by atoms with Crippen LogP contribution in [0, 0.1) is 0 Å². The molecule has 1 aliphatic rings. The SMILES string of the molecule is OCc1cn(CC2NCCC2F)nn1. The van der Waals surface area contributed by atoms with Crippen LogP contribution in [0.3, 0.4) is 0 Å². The van der Waals surface area contributed by atoms with Crippen LogP contribution in [0.2, 0.25) is 0 Å². The van der Waals surface area contributed by atoms with Crippen LogP contribution in [-0.2, 0) is 13.2 Å². The number of aliphatic hydroxyl groups is 1. The van der Waals surface area contributed by atoms with Gasteiger partial charge < -0.3 is 10.4 Å². The fourth-order valence-corrected chi connectivity index (χ4v) is 1.62. The maximum Gasteiger partial charge on any atom is 0.118 e. The second-order valence-electron chi connectivity index (χ2n) is 3.46. The molecule has 2 heterocycles. The lowest BCUT2D eigenvalue weighted by Crippen LogP contribution is -2.32. The third kappa shape index (κ3) is 1.91. The Labute approximate surface area is 80.9 Å². The molecule has 0 saturated carbocycles. The van der Waals surface area contributed by atoms with Crippen molar-refractivity contribution in [2.24, 2.45) is 0 Å². The van der Waals surface area contributed by atoms with E-state index in [4.69, 9.17) is 5.11 Å². The molecular formula is C8H13FN4O. The Balaban J connectivity index is 1.96. The Morgan fingerprint density at radius 1 is 1.71 bits per heavy atom. The van der Waals surface area contributed by atoms with Crippen molar-refractivity contribution >= 4 is 0 Å². The van der Waals surface area contributed by atoms with Gasteiger partial charge in [-0.2, -0.15) is 0 Å². The first-order valence-corrected chi connectivity index (χ1v) is 4.67. The predicted molar refractivity (Wildman–Crippen MR) is 47.2 cm³/mol. The lowest BCUT2D eigenvalue weighted by Gasteiger charge is -2.11. The van der Waals surface area contributed by atoms with E-state index in [1.165, 1.54) is 0 Å². The predicted octanol–water partition coefficient (Wildman–Crippen LogP) is -0.530. The summed E-state index contributed by atoms with van der Waals surface area (Å²) in [6.07, 6.45) is 1.38. The van der Waals surface area contributed by atoms with Crippen molar-refractivity contribution in [3.8, 4) is 0 Å². The highest BCUT2D eigenvalue weighted by Gasteiger charge is 2.26. The molecule has 0 radical (unpaired) electrons. The molecule has 0 bridgehead atoms. The van der Waals surface area contributed by atoms with Gasteiger partial charge in [-0.05, 0) is 13.0 Å². The Hall–Kier alpha value is -1.01. The van der Waals surface area contributed by atoms with Gasteiger partial charge in [-0.1, -0.05) is 5.21 Å². The molecule has 1 saturated heterocycles. The van der Waals surface area contributed by atoms with Crippen LogP contribution in [0.4, 0.5) is 4.39 Å². The van der Waals surface area contributed by atoms with Gasteiger partial charge in [-0.15, -0.1) is 5.10 Å². The largest absolute Gasteiger partial charge is 0.390 e. The highest BCUT2D eigenvalue weighted by Crippen LogP contribution is 2.12. The molecule has 2 N–H and O–H groups in total. The van der Waals surface area contributed by atoms with E-state index < -0.39 is 6.17 Å². The molecule has 0 aromatic carbocycles. The van der Waals surface area contributed by atoms with Gasteiger partial charge in [0.15, 0.2) is 0 Å². The average Bonchev–Trinajstić information content (AvgIpc) is 2.77. The number of halogens is 1. The maximum atomic E-state index is 13.2. The quantitative estimate of drug-likeness (QED) is 0.688. The van der Waals surface area contributed by atoms with Crippen molar-refractivity contribution in [3.05, 3.63) is 11.9 Å². The lowest BCUT2D eigenvalue weighted by atomic mass is 10.2. The fraction of sp³-hybridized carbons (Fsp3) is 0.750. The molecule has 2 unspecified atom stereocenters. The smallest absolute Gasteiger partial charge is 0.118 e. The minimum atomic E-state index is -0.809. The number of nitrogens with zero attached hydrogens (tertiary/aromatic N) is 3. The molecule has 14 heavy (non-hydrogen) atoms. The van der Waals surface area contributed by atoms with Crippen LogP contribution in [-0.4, -0.2) is 38.9 Å². The number of alkyl halides is 1. The second-order valence-corrected chi connectivity index (χ2v) is 3.46. The van der Waals surface area contributed by atoms with Gasteiger partial charge >= 0.3 is 0 Å². The zero-order chi connectivity index (χ0) is 9.97. The van der Waals surface area contributed by atoms with Crippen LogP contribution in [0.25, 0.3) is 0 Å². The number of aliphatic hydroxyl groups excluding tert-OH is 1. The highest BCUT2D eigenvalue weighted by atomic mass is 19.1. The van der Waals surface area contributed by atoms with Gasteiger partial charge in [0.2, 0.25) is 0 Å². The third-order valence-corrected chi connectivity index (χ3v) is 2.40. The molecular weight excluding hydrogens is 187 g/mol. The molecule has 0 spiro atoms. The summed E-state index contributed by atoms with van der Waals surface area (Å²) in [6.45, 7) is 1.05. The Bertz CT molecular complexity index is 303. The van der Waals surface area contributed by atoms with E-state index in [2.05, 4.69) is 15.6 Å². The summed E-state index contributed by atoms with van der Waals surface area (Å²) in [5.41, 5.74) is 0.512. The zero-order valence-corrected chi connectivity index (χ0v) is 7.73. The zero-order valence-electron chi connectivity index (χ0n) is 7.73. The van der Waals surface area contributed by atoms with E-state index in [0.717, 1.165) is 0 Å². The van der Waals surface area contributed by atoms with Crippen molar-refractivity contribution in [1.82, 2.24) is 20.3 Å². The van der Waals surface area contributed by atoms with Gasteiger partial charge in [-0.25, -0.2) is 4.39 Å². The van der Waals surface area contributed by atoms with E-state index >= 15 is 0 Å². The van der Waals surface area contributed by atoms with Crippen molar-refractivity contribution in [2.45, 2.75) is 31.8 Å². The molecule has 78 valence electrons. The van der Waals surface area contributed by atoms with Crippen molar-refractivity contribution in [1.29, 1.82) is 0 Å². The molecule has 1 aromatic heterocycles. The summed E-state index contributed by atoms with van der Waals surface area (Å²) in [7, 11) is 0. The molecule has 5 nitrogen and oxygen atoms in total. The minimum absolute atomic E-state index is 0.128. The first kappa shape index (κ1) is 9.54. The van der Waals surface area contributed by atoms with E-state index in [1.54, 1.807) is 10.9 Å². The molecule has 2 rings (SSSR count). The van der Waals surface area contributed by atoms with Crippen LogP contribution in [0.5, 0.6) is 0 Å². The molecule has 1 aromatic rings. The first-order chi connectivity index (χ1) is 6.79. The van der Waals surface area contributed by atoms with Gasteiger partial charge in [0.25, 0.3) is 0 Å². The van der Waals surface area contributed by atoms with E-state index in [0.29, 0.717) is 25.2 Å². The summed E-state index contributed by atoms with van der Waals surface area (Å²) in [5, 5.41) is 19.3. The molecule has 0 aliphatic carbocycles. The minimum Gasteiger partial charge on any atom is -0.390 e. The monoisotopic (exact) mass is 200 g/mol. The molecule has 1 fully saturated rings. The van der Waals surface area contributed by atoms with Gasteiger partial charge in [0, 0.05) is 0 Å². The normalized spacial score (nSPS) is 27.0. The molecule has 0 amide bonds. The third-order valence-electron chi connectivity index (χ3n) is 2.40. The van der Waals surface area contributed by atoms with Gasteiger partial charge in [0.1, 0.15) is 11.9 Å². The number of hydrogen-bond acceptors (Lipinski definition) is 4. The van der Waals surface area contributed by atoms with Crippen molar-refractivity contribution < 1.29 is 9.50 Å². The average molecular weight is 200 g/mol. The molecule has 6 heteroatoms. The van der Waals surface area contributed by atoms with Crippen LogP contribution in [0.1, 0.15) is 12.1 Å². The number of aromatic nitrogens is 3. The maximum absolute atomic E-state index is 13.2. The number of rotatable bonds is 3. The first-order valence-electron chi connectivity index (χ1n) is 4.67. The van der Waals surface area contributed by atoms with Crippen molar-refractivity contribution in [3.63, 3.8) is 0 Å². The van der Waals surface area contributed by atoms with E-state index in [9.17, 15) is 4.39 Å². The lowest BCUT2D eigenvalue weighted by molar-refractivity contribution is 0.274. The summed E-state index contributed by atoms with van der Waals surface area (Å²) >= 11 is 0. The topological polar surface area (TPSA) is 63.0 Å². The molecule has 2 atom stereocenters. The Kier molecular flexibility index (Phi) is 2.74. The fourth-order valence-electron chi connectivity index (χ4n) is 1.62. The molecule has 1 aliphatic heterocycles. The van der Waals surface area contributed by atoms with Crippen LogP contribution < -0.4 is 5.32 Å². The Morgan fingerprint density at radius 3 is 3.14 bits per heavy atom. The standard InChI is InChI=1S/C8H13FN4O/c9-7-1-2-10-8(7)4-13-3-6(5-14)11-12-13/h3,7-8,10,14H,1-2,4-5H2. The van der Waals surface area contributed by atoms with Gasteiger partial charge in [-0.3, -0.25) is 4.68 Å². The van der Waals surface area contributed by atoms with Crippen LogP contribution in [0.15, 0.2) is 6.20 Å². The van der Waals surface area contributed by atoms with Crippen LogP contribution >= 0.6 is 0 Å². The summed E-state index contributed by atoms with van der Waals surface area (Å²) in [5.74, 6) is 0. The van der Waals surface area contributed by atoms with Gasteiger partial charge in [0.05, 0.1) is 25.4 Å².